The number of anilines is 1. The van der Waals surface area contributed by atoms with Crippen LogP contribution in [0.15, 0.2) is 42.6 Å². The van der Waals surface area contributed by atoms with Gasteiger partial charge in [0.1, 0.15) is 11.9 Å². The van der Waals surface area contributed by atoms with Crippen molar-refractivity contribution in [2.24, 2.45) is 0 Å². The SMILES string of the molecule is O=C(NCCNc1ncc(Cl)cc1Cl)C(c1ccccc1)N1CCCCC1=O. The highest BCUT2D eigenvalue weighted by atomic mass is 35.5. The zero-order valence-electron chi connectivity index (χ0n) is 15.3. The average Bonchev–Trinajstić information content (AvgIpc) is 2.69. The van der Waals surface area contributed by atoms with Crippen molar-refractivity contribution in [3.8, 4) is 0 Å². The number of nitrogens with zero attached hydrogens (tertiary/aromatic N) is 2. The van der Waals surface area contributed by atoms with Gasteiger partial charge >= 0.3 is 0 Å². The Balaban J connectivity index is 1.62. The summed E-state index contributed by atoms with van der Waals surface area (Å²) in [7, 11) is 0. The topological polar surface area (TPSA) is 74.3 Å². The van der Waals surface area contributed by atoms with Gasteiger partial charge in [-0.25, -0.2) is 4.98 Å². The van der Waals surface area contributed by atoms with Crippen LogP contribution in [0.1, 0.15) is 30.9 Å². The summed E-state index contributed by atoms with van der Waals surface area (Å²) in [6.07, 6.45) is 3.77. The number of rotatable bonds is 7. The van der Waals surface area contributed by atoms with E-state index < -0.39 is 6.04 Å². The van der Waals surface area contributed by atoms with Crippen molar-refractivity contribution < 1.29 is 9.59 Å². The Kier molecular flexibility index (Phi) is 7.12. The van der Waals surface area contributed by atoms with Crippen molar-refractivity contribution in [1.82, 2.24) is 15.2 Å². The van der Waals surface area contributed by atoms with Crippen molar-refractivity contribution in [2.45, 2.75) is 25.3 Å². The van der Waals surface area contributed by atoms with Crippen molar-refractivity contribution in [3.05, 3.63) is 58.2 Å². The third-order valence-corrected chi connectivity index (χ3v) is 5.05. The molecule has 0 spiro atoms. The second-order valence-corrected chi connectivity index (χ2v) is 7.40. The number of benzene rings is 1. The zero-order valence-corrected chi connectivity index (χ0v) is 16.8. The van der Waals surface area contributed by atoms with E-state index in [0.717, 1.165) is 18.4 Å². The minimum Gasteiger partial charge on any atom is -0.367 e. The number of hydrogen-bond acceptors (Lipinski definition) is 4. The molecule has 1 aliphatic rings. The van der Waals surface area contributed by atoms with Gasteiger partial charge in [0.2, 0.25) is 11.8 Å². The van der Waals surface area contributed by atoms with Crippen LogP contribution in [0.2, 0.25) is 10.0 Å². The lowest BCUT2D eigenvalue weighted by atomic mass is 10.0. The van der Waals surface area contributed by atoms with Crippen LogP contribution >= 0.6 is 23.2 Å². The van der Waals surface area contributed by atoms with Gasteiger partial charge in [-0.1, -0.05) is 53.5 Å². The lowest BCUT2D eigenvalue weighted by molar-refractivity contribution is -0.142. The van der Waals surface area contributed by atoms with Crippen LogP contribution < -0.4 is 10.6 Å². The molecule has 2 aromatic rings. The van der Waals surface area contributed by atoms with Crippen molar-refractivity contribution in [3.63, 3.8) is 0 Å². The predicted octanol–water partition coefficient (Wildman–Crippen LogP) is 3.67. The van der Waals surface area contributed by atoms with E-state index in [9.17, 15) is 9.59 Å². The first-order valence-electron chi connectivity index (χ1n) is 9.23. The van der Waals surface area contributed by atoms with E-state index >= 15 is 0 Å². The largest absolute Gasteiger partial charge is 0.367 e. The number of aromatic nitrogens is 1. The summed E-state index contributed by atoms with van der Waals surface area (Å²) in [5, 5.41) is 6.85. The van der Waals surface area contributed by atoms with Gasteiger partial charge < -0.3 is 15.5 Å². The third kappa shape index (κ3) is 5.14. The van der Waals surface area contributed by atoms with Crippen LogP contribution in [0, 0.1) is 0 Å². The summed E-state index contributed by atoms with van der Waals surface area (Å²) in [4.78, 5) is 31.1. The Morgan fingerprint density at radius 1 is 1.18 bits per heavy atom. The smallest absolute Gasteiger partial charge is 0.247 e. The van der Waals surface area contributed by atoms with E-state index in [1.165, 1.54) is 6.20 Å². The van der Waals surface area contributed by atoms with Gasteiger partial charge in [-0.3, -0.25) is 9.59 Å². The quantitative estimate of drug-likeness (QED) is 0.670. The average molecular weight is 421 g/mol. The molecular weight excluding hydrogens is 399 g/mol. The fourth-order valence-electron chi connectivity index (χ4n) is 3.22. The first-order valence-corrected chi connectivity index (χ1v) is 9.99. The highest BCUT2D eigenvalue weighted by molar-refractivity contribution is 6.35. The molecule has 2 amide bonds. The maximum Gasteiger partial charge on any atom is 0.247 e. The van der Waals surface area contributed by atoms with Crippen LogP contribution in [-0.2, 0) is 9.59 Å². The number of amides is 2. The lowest BCUT2D eigenvalue weighted by Gasteiger charge is -2.34. The van der Waals surface area contributed by atoms with E-state index in [2.05, 4.69) is 15.6 Å². The number of nitrogens with one attached hydrogen (secondary N) is 2. The number of likely N-dealkylation sites (tertiary alicyclic amines) is 1. The maximum atomic E-state index is 12.9. The number of hydrogen-bond donors (Lipinski definition) is 2. The Bertz CT molecular complexity index is 832. The summed E-state index contributed by atoms with van der Waals surface area (Å²) in [5.74, 6) is 0.329. The Labute approximate surface area is 174 Å². The molecule has 2 heterocycles. The first-order chi connectivity index (χ1) is 13.6. The molecule has 8 heteroatoms. The molecule has 1 aliphatic heterocycles. The van der Waals surface area contributed by atoms with Crippen molar-refractivity contribution in [2.75, 3.05) is 25.0 Å². The van der Waals surface area contributed by atoms with Gasteiger partial charge in [0.25, 0.3) is 0 Å². The minimum atomic E-state index is -0.619. The summed E-state index contributed by atoms with van der Waals surface area (Å²) in [5.41, 5.74) is 0.811. The minimum absolute atomic E-state index is 0.0190. The van der Waals surface area contributed by atoms with Crippen LogP contribution in [-0.4, -0.2) is 41.3 Å². The van der Waals surface area contributed by atoms with Crippen LogP contribution in [0.3, 0.4) is 0 Å². The Morgan fingerprint density at radius 3 is 2.68 bits per heavy atom. The van der Waals surface area contributed by atoms with Gasteiger partial charge in [0.15, 0.2) is 0 Å². The van der Waals surface area contributed by atoms with Gasteiger partial charge in [-0.2, -0.15) is 0 Å². The Morgan fingerprint density at radius 2 is 1.96 bits per heavy atom. The Hall–Kier alpha value is -2.31. The summed E-state index contributed by atoms with van der Waals surface area (Å²) < 4.78 is 0. The fraction of sp³-hybridized carbons (Fsp3) is 0.350. The highest BCUT2D eigenvalue weighted by Crippen LogP contribution is 2.26. The molecule has 0 saturated carbocycles. The molecular formula is C20H22Cl2N4O2. The molecule has 1 aromatic heterocycles. The standard InChI is InChI=1S/C20H22Cl2N4O2/c21-15-12-16(22)19(25-13-15)23-9-10-24-20(28)18(14-6-2-1-3-7-14)26-11-5-4-8-17(26)27/h1-3,6-7,12-13,18H,4-5,8-11H2,(H,23,25)(H,24,28). The van der Waals surface area contributed by atoms with E-state index in [1.807, 2.05) is 30.3 Å². The molecule has 3 rings (SSSR count). The molecule has 0 aliphatic carbocycles. The van der Waals surface area contributed by atoms with E-state index in [0.29, 0.717) is 41.9 Å². The van der Waals surface area contributed by atoms with Crippen LogP contribution in [0.4, 0.5) is 5.82 Å². The molecule has 1 aromatic carbocycles. The highest BCUT2D eigenvalue weighted by Gasteiger charge is 2.32. The fourth-order valence-corrected chi connectivity index (χ4v) is 3.66. The van der Waals surface area contributed by atoms with Gasteiger partial charge in [0.05, 0.1) is 10.0 Å². The van der Waals surface area contributed by atoms with E-state index in [1.54, 1.807) is 11.0 Å². The number of piperidine rings is 1. The van der Waals surface area contributed by atoms with Gasteiger partial charge in [0, 0.05) is 32.3 Å². The molecule has 1 unspecified atom stereocenters. The molecule has 2 N–H and O–H groups in total. The van der Waals surface area contributed by atoms with Gasteiger partial charge in [-0.15, -0.1) is 0 Å². The molecule has 0 radical (unpaired) electrons. The number of pyridine rings is 1. The second-order valence-electron chi connectivity index (χ2n) is 6.56. The number of carbonyl (C=O) groups is 2. The van der Waals surface area contributed by atoms with Crippen LogP contribution in [0.25, 0.3) is 0 Å². The number of halogens is 2. The van der Waals surface area contributed by atoms with E-state index in [4.69, 9.17) is 23.2 Å². The summed E-state index contributed by atoms with van der Waals surface area (Å²) >= 11 is 11.9. The molecule has 28 heavy (non-hydrogen) atoms. The first kappa shape index (κ1) is 20.4. The molecule has 1 fully saturated rings. The van der Waals surface area contributed by atoms with Crippen LogP contribution in [0.5, 0.6) is 0 Å². The number of carbonyl (C=O) groups excluding carboxylic acids is 2. The van der Waals surface area contributed by atoms with Crippen molar-refractivity contribution in [1.29, 1.82) is 0 Å². The molecule has 0 bridgehead atoms. The maximum absolute atomic E-state index is 12.9. The van der Waals surface area contributed by atoms with E-state index in [-0.39, 0.29) is 11.8 Å². The monoisotopic (exact) mass is 420 g/mol. The molecule has 1 atom stereocenters. The summed E-state index contributed by atoms with van der Waals surface area (Å²) in [6, 6.07) is 10.4. The predicted molar refractivity (Wildman–Crippen MR) is 111 cm³/mol. The second kappa shape index (κ2) is 9.75. The van der Waals surface area contributed by atoms with Crippen molar-refractivity contribution >= 4 is 40.8 Å². The summed E-state index contributed by atoms with van der Waals surface area (Å²) in [6.45, 7) is 1.40. The molecule has 6 nitrogen and oxygen atoms in total. The van der Waals surface area contributed by atoms with Gasteiger partial charge in [-0.05, 0) is 24.5 Å². The third-order valence-electron chi connectivity index (χ3n) is 4.56. The molecule has 1 saturated heterocycles. The lowest BCUT2D eigenvalue weighted by Crippen LogP contribution is -2.46. The zero-order chi connectivity index (χ0) is 19.9. The molecule has 148 valence electrons. The normalized spacial score (nSPS) is 15.2.